The average Bonchev–Trinajstić information content (AvgIpc) is 3.07. The second-order valence-electron chi connectivity index (χ2n) is 5.78. The molecular formula is C18H20N2O4. The lowest BCUT2D eigenvalue weighted by Gasteiger charge is -2.17. The van der Waals surface area contributed by atoms with Crippen LogP contribution in [0.3, 0.4) is 0 Å². The zero-order valence-corrected chi connectivity index (χ0v) is 13.5. The number of anilines is 1. The van der Waals surface area contributed by atoms with Crippen molar-refractivity contribution in [3.8, 4) is 5.75 Å². The number of ether oxygens (including phenoxy) is 2. The number of rotatable bonds is 6. The SMILES string of the molecule is Cc1ccc(CNc2cccc(C(=O)O)n2)c(OC2CCOC2)c1. The van der Waals surface area contributed by atoms with Gasteiger partial charge in [0.2, 0.25) is 0 Å². The second kappa shape index (κ2) is 7.31. The molecule has 1 saturated heterocycles. The van der Waals surface area contributed by atoms with E-state index in [0.29, 0.717) is 19.0 Å². The van der Waals surface area contributed by atoms with Crippen molar-refractivity contribution in [2.75, 3.05) is 18.5 Å². The highest BCUT2D eigenvalue weighted by atomic mass is 16.5. The Morgan fingerprint density at radius 3 is 3.04 bits per heavy atom. The Balaban J connectivity index is 1.72. The summed E-state index contributed by atoms with van der Waals surface area (Å²) in [5, 5.41) is 12.2. The number of aryl methyl sites for hydroxylation is 1. The van der Waals surface area contributed by atoms with Crippen LogP contribution in [0.2, 0.25) is 0 Å². The van der Waals surface area contributed by atoms with Gasteiger partial charge in [-0.3, -0.25) is 0 Å². The van der Waals surface area contributed by atoms with E-state index in [1.54, 1.807) is 12.1 Å². The topological polar surface area (TPSA) is 80.7 Å². The summed E-state index contributed by atoms with van der Waals surface area (Å²) in [4.78, 5) is 15.1. The predicted molar refractivity (Wildman–Crippen MR) is 89.6 cm³/mol. The number of aromatic nitrogens is 1. The molecule has 0 spiro atoms. The Labute approximate surface area is 140 Å². The summed E-state index contributed by atoms with van der Waals surface area (Å²) in [6.07, 6.45) is 0.974. The highest BCUT2D eigenvalue weighted by Gasteiger charge is 2.18. The molecule has 0 aliphatic carbocycles. The van der Waals surface area contributed by atoms with Crippen molar-refractivity contribution < 1.29 is 19.4 Å². The molecule has 1 aliphatic rings. The Morgan fingerprint density at radius 1 is 1.42 bits per heavy atom. The van der Waals surface area contributed by atoms with Gasteiger partial charge in [0.15, 0.2) is 5.69 Å². The fourth-order valence-corrected chi connectivity index (χ4v) is 2.54. The Kier molecular flexibility index (Phi) is 4.96. The lowest BCUT2D eigenvalue weighted by atomic mass is 10.1. The van der Waals surface area contributed by atoms with Crippen molar-refractivity contribution >= 4 is 11.8 Å². The van der Waals surface area contributed by atoms with Gasteiger partial charge in [0.05, 0.1) is 13.2 Å². The minimum Gasteiger partial charge on any atom is -0.488 e. The van der Waals surface area contributed by atoms with Crippen LogP contribution in [0, 0.1) is 6.92 Å². The first kappa shape index (κ1) is 16.3. The summed E-state index contributed by atoms with van der Waals surface area (Å²) in [5.41, 5.74) is 2.14. The van der Waals surface area contributed by atoms with Crippen LogP contribution in [-0.4, -0.2) is 35.4 Å². The maximum absolute atomic E-state index is 11.0. The quantitative estimate of drug-likeness (QED) is 0.849. The zero-order valence-electron chi connectivity index (χ0n) is 13.5. The highest BCUT2D eigenvalue weighted by Crippen LogP contribution is 2.24. The number of carboxylic acids is 1. The van der Waals surface area contributed by atoms with Crippen molar-refractivity contribution in [3.05, 3.63) is 53.2 Å². The normalized spacial score (nSPS) is 16.8. The van der Waals surface area contributed by atoms with Gasteiger partial charge in [0.1, 0.15) is 17.7 Å². The lowest BCUT2D eigenvalue weighted by Crippen LogP contribution is -2.17. The third-order valence-electron chi connectivity index (χ3n) is 3.83. The smallest absolute Gasteiger partial charge is 0.354 e. The molecule has 2 aromatic rings. The van der Waals surface area contributed by atoms with Crippen molar-refractivity contribution in [1.82, 2.24) is 4.98 Å². The van der Waals surface area contributed by atoms with Crippen LogP contribution in [0.5, 0.6) is 5.75 Å². The number of pyridine rings is 1. The number of aromatic carboxylic acids is 1. The molecular weight excluding hydrogens is 308 g/mol. The van der Waals surface area contributed by atoms with Gasteiger partial charge in [0, 0.05) is 18.5 Å². The van der Waals surface area contributed by atoms with E-state index in [-0.39, 0.29) is 11.8 Å². The van der Waals surface area contributed by atoms with E-state index in [1.807, 2.05) is 25.1 Å². The third kappa shape index (κ3) is 4.02. The van der Waals surface area contributed by atoms with E-state index < -0.39 is 5.97 Å². The molecule has 24 heavy (non-hydrogen) atoms. The van der Waals surface area contributed by atoms with Crippen molar-refractivity contribution in [3.63, 3.8) is 0 Å². The monoisotopic (exact) mass is 328 g/mol. The van der Waals surface area contributed by atoms with E-state index in [9.17, 15) is 4.79 Å². The lowest BCUT2D eigenvalue weighted by molar-refractivity contribution is 0.0690. The van der Waals surface area contributed by atoms with Gasteiger partial charge in [0.25, 0.3) is 0 Å². The molecule has 1 fully saturated rings. The average molecular weight is 328 g/mol. The molecule has 2 N–H and O–H groups in total. The number of benzene rings is 1. The molecule has 1 atom stereocenters. The molecule has 126 valence electrons. The van der Waals surface area contributed by atoms with Crippen LogP contribution in [0.1, 0.15) is 28.0 Å². The van der Waals surface area contributed by atoms with Gasteiger partial charge in [-0.2, -0.15) is 0 Å². The van der Waals surface area contributed by atoms with Gasteiger partial charge in [-0.25, -0.2) is 9.78 Å². The van der Waals surface area contributed by atoms with Crippen LogP contribution in [-0.2, 0) is 11.3 Å². The predicted octanol–water partition coefficient (Wildman–Crippen LogP) is 2.87. The second-order valence-corrected chi connectivity index (χ2v) is 5.78. The Bertz CT molecular complexity index is 727. The molecule has 2 heterocycles. The largest absolute Gasteiger partial charge is 0.488 e. The third-order valence-corrected chi connectivity index (χ3v) is 3.83. The van der Waals surface area contributed by atoms with Gasteiger partial charge >= 0.3 is 5.97 Å². The minimum absolute atomic E-state index is 0.0171. The maximum Gasteiger partial charge on any atom is 0.354 e. The number of nitrogens with zero attached hydrogens (tertiary/aromatic N) is 1. The summed E-state index contributed by atoms with van der Waals surface area (Å²) in [6, 6.07) is 10.9. The van der Waals surface area contributed by atoms with Crippen LogP contribution < -0.4 is 10.1 Å². The summed E-state index contributed by atoms with van der Waals surface area (Å²) in [6.45, 7) is 3.87. The Morgan fingerprint density at radius 2 is 2.29 bits per heavy atom. The number of carbonyl (C=O) groups is 1. The van der Waals surface area contributed by atoms with Crippen molar-refractivity contribution in [2.24, 2.45) is 0 Å². The zero-order chi connectivity index (χ0) is 16.9. The Hall–Kier alpha value is -2.60. The first-order valence-electron chi connectivity index (χ1n) is 7.90. The molecule has 1 aliphatic heterocycles. The molecule has 3 rings (SSSR count). The summed E-state index contributed by atoms with van der Waals surface area (Å²) in [5.74, 6) is 0.303. The van der Waals surface area contributed by atoms with E-state index in [4.69, 9.17) is 14.6 Å². The van der Waals surface area contributed by atoms with Crippen LogP contribution in [0.4, 0.5) is 5.82 Å². The standard InChI is InChI=1S/C18H20N2O4/c1-12-5-6-13(16(9-12)24-14-7-8-23-11-14)10-19-17-4-2-3-15(20-17)18(21)22/h2-6,9,14H,7-8,10-11H2,1H3,(H,19,20)(H,21,22). The van der Waals surface area contributed by atoms with E-state index in [1.165, 1.54) is 6.07 Å². The first-order chi connectivity index (χ1) is 11.6. The molecule has 6 nitrogen and oxygen atoms in total. The number of hydrogen-bond donors (Lipinski definition) is 2. The molecule has 0 saturated carbocycles. The summed E-state index contributed by atoms with van der Waals surface area (Å²) < 4.78 is 11.4. The number of hydrogen-bond acceptors (Lipinski definition) is 5. The fourth-order valence-electron chi connectivity index (χ4n) is 2.54. The number of nitrogens with one attached hydrogen (secondary N) is 1. The van der Waals surface area contributed by atoms with Crippen molar-refractivity contribution in [1.29, 1.82) is 0 Å². The minimum atomic E-state index is -1.04. The van der Waals surface area contributed by atoms with Gasteiger partial charge in [-0.15, -0.1) is 0 Å². The molecule has 0 bridgehead atoms. The van der Waals surface area contributed by atoms with Crippen LogP contribution in [0.25, 0.3) is 0 Å². The van der Waals surface area contributed by atoms with Crippen molar-refractivity contribution in [2.45, 2.75) is 26.0 Å². The van der Waals surface area contributed by atoms with E-state index >= 15 is 0 Å². The summed E-state index contributed by atoms with van der Waals surface area (Å²) in [7, 11) is 0. The van der Waals surface area contributed by atoms with Gasteiger partial charge in [-0.05, 0) is 30.7 Å². The first-order valence-corrected chi connectivity index (χ1v) is 7.90. The molecule has 0 amide bonds. The number of carboxylic acid groups (broad SMARTS) is 1. The van der Waals surface area contributed by atoms with Gasteiger partial charge < -0.3 is 19.9 Å². The molecule has 6 heteroatoms. The molecule has 1 unspecified atom stereocenters. The molecule has 1 aromatic carbocycles. The molecule has 0 radical (unpaired) electrons. The summed E-state index contributed by atoms with van der Waals surface area (Å²) >= 11 is 0. The van der Waals surface area contributed by atoms with Crippen LogP contribution in [0.15, 0.2) is 36.4 Å². The molecule has 1 aromatic heterocycles. The highest BCUT2D eigenvalue weighted by molar-refractivity contribution is 5.85. The van der Waals surface area contributed by atoms with Crippen LogP contribution >= 0.6 is 0 Å². The van der Waals surface area contributed by atoms with E-state index in [2.05, 4.69) is 10.3 Å². The fraction of sp³-hybridized carbons (Fsp3) is 0.333. The maximum atomic E-state index is 11.0. The van der Waals surface area contributed by atoms with E-state index in [0.717, 1.165) is 29.9 Å². The van der Waals surface area contributed by atoms with Gasteiger partial charge in [-0.1, -0.05) is 18.2 Å².